The molecule has 0 amide bonds. The van der Waals surface area contributed by atoms with Crippen LogP contribution in [-0.4, -0.2) is 41.0 Å². The molecule has 8 nitrogen and oxygen atoms in total. The molecular formula is C31H32ClN5O3. The van der Waals surface area contributed by atoms with Gasteiger partial charge in [-0.05, 0) is 70.0 Å². The Morgan fingerprint density at radius 2 is 1.82 bits per heavy atom. The van der Waals surface area contributed by atoms with Gasteiger partial charge in [-0.25, -0.2) is 9.78 Å². The van der Waals surface area contributed by atoms with E-state index in [0.29, 0.717) is 22.8 Å². The van der Waals surface area contributed by atoms with Gasteiger partial charge in [-0.15, -0.1) is 0 Å². The number of aliphatic carboxylic acids is 1. The number of hydrogen-bond donors (Lipinski definition) is 1. The third-order valence-electron chi connectivity index (χ3n) is 6.79. The number of benzene rings is 1. The molecule has 0 bridgehead atoms. The van der Waals surface area contributed by atoms with Crippen molar-refractivity contribution in [2.75, 3.05) is 0 Å². The number of halogens is 1. The Bertz CT molecular complexity index is 1700. The van der Waals surface area contributed by atoms with Crippen molar-refractivity contribution in [2.24, 2.45) is 7.05 Å². The highest BCUT2D eigenvalue weighted by atomic mass is 35.5. The van der Waals surface area contributed by atoms with Crippen molar-refractivity contribution in [3.63, 3.8) is 0 Å². The highest BCUT2D eigenvalue weighted by Crippen LogP contribution is 2.44. The summed E-state index contributed by atoms with van der Waals surface area (Å²) in [6, 6.07) is 11.4. The minimum Gasteiger partial charge on any atom is -0.479 e. The van der Waals surface area contributed by atoms with E-state index in [1.54, 1.807) is 10.9 Å². The van der Waals surface area contributed by atoms with Crippen molar-refractivity contribution in [2.45, 2.75) is 52.9 Å². The predicted octanol–water partition coefficient (Wildman–Crippen LogP) is 6.76. The van der Waals surface area contributed by atoms with Gasteiger partial charge in [0.1, 0.15) is 5.65 Å². The van der Waals surface area contributed by atoms with Crippen LogP contribution >= 0.6 is 11.6 Å². The Morgan fingerprint density at radius 1 is 1.10 bits per heavy atom. The molecule has 206 valence electrons. The number of pyridine rings is 2. The van der Waals surface area contributed by atoms with E-state index >= 15 is 0 Å². The molecule has 0 radical (unpaired) electrons. The van der Waals surface area contributed by atoms with Crippen LogP contribution in [0, 0.1) is 13.8 Å². The molecule has 0 aliphatic heterocycles. The maximum absolute atomic E-state index is 12.7. The first kappa shape index (κ1) is 27.6. The number of carboxylic acids is 1. The average Bonchev–Trinajstić information content (AvgIpc) is 3.42. The fourth-order valence-corrected chi connectivity index (χ4v) is 5.39. The quantitative estimate of drug-likeness (QED) is 0.237. The van der Waals surface area contributed by atoms with E-state index in [9.17, 15) is 9.90 Å². The number of hydrogen-bond acceptors (Lipinski definition) is 5. The van der Waals surface area contributed by atoms with Crippen LogP contribution < -0.4 is 0 Å². The van der Waals surface area contributed by atoms with Crippen molar-refractivity contribution in [1.82, 2.24) is 24.3 Å². The Morgan fingerprint density at radius 3 is 2.40 bits per heavy atom. The van der Waals surface area contributed by atoms with E-state index in [0.717, 1.165) is 44.5 Å². The monoisotopic (exact) mass is 557 g/mol. The molecule has 0 unspecified atom stereocenters. The molecule has 4 heterocycles. The van der Waals surface area contributed by atoms with Crippen molar-refractivity contribution in [1.29, 1.82) is 0 Å². The van der Waals surface area contributed by atoms with E-state index in [4.69, 9.17) is 21.3 Å². The molecule has 40 heavy (non-hydrogen) atoms. The van der Waals surface area contributed by atoms with Crippen LogP contribution in [0.25, 0.3) is 33.4 Å². The molecule has 0 saturated heterocycles. The predicted molar refractivity (Wildman–Crippen MR) is 156 cm³/mol. The van der Waals surface area contributed by atoms with Crippen molar-refractivity contribution in [3.05, 3.63) is 88.6 Å². The second kappa shape index (κ2) is 10.5. The van der Waals surface area contributed by atoms with E-state index in [-0.39, 0.29) is 0 Å². The number of fused-ring (bicyclic) bond motifs is 1. The smallest absolute Gasteiger partial charge is 0.337 e. The number of aromatic nitrogens is 5. The number of rotatable bonds is 7. The summed E-state index contributed by atoms with van der Waals surface area (Å²) in [6.07, 6.45) is 6.17. The maximum atomic E-state index is 12.7. The van der Waals surface area contributed by atoms with Crippen LogP contribution in [0.1, 0.15) is 49.3 Å². The fraction of sp³-hybridized carbons (Fsp3) is 0.290. The average molecular weight is 558 g/mol. The summed E-state index contributed by atoms with van der Waals surface area (Å²) in [5.41, 5.74) is 6.61. The zero-order valence-corrected chi connectivity index (χ0v) is 24.2. The summed E-state index contributed by atoms with van der Waals surface area (Å²) in [5, 5.41) is 16.2. The van der Waals surface area contributed by atoms with Gasteiger partial charge in [-0.1, -0.05) is 23.7 Å². The molecule has 0 fully saturated rings. The van der Waals surface area contributed by atoms with Gasteiger partial charge in [0.25, 0.3) is 0 Å². The van der Waals surface area contributed by atoms with Crippen LogP contribution in [0.3, 0.4) is 0 Å². The molecule has 0 aliphatic carbocycles. The molecule has 9 heteroatoms. The largest absolute Gasteiger partial charge is 0.479 e. The van der Waals surface area contributed by atoms with Crippen molar-refractivity contribution >= 4 is 28.6 Å². The van der Waals surface area contributed by atoms with Gasteiger partial charge < -0.3 is 14.4 Å². The van der Waals surface area contributed by atoms with E-state index in [1.807, 2.05) is 96.7 Å². The topological polar surface area (TPSA) is 95.1 Å². The Labute approximate surface area is 238 Å². The number of carboxylic acid groups (broad SMARTS) is 1. The van der Waals surface area contributed by atoms with Gasteiger partial charge >= 0.3 is 5.97 Å². The Balaban J connectivity index is 1.92. The lowest BCUT2D eigenvalue weighted by atomic mass is 9.90. The first-order chi connectivity index (χ1) is 18.9. The third kappa shape index (κ3) is 5.24. The molecule has 1 aromatic carbocycles. The molecule has 5 rings (SSSR count). The lowest BCUT2D eigenvalue weighted by Crippen LogP contribution is -2.28. The van der Waals surface area contributed by atoms with Crippen molar-refractivity contribution < 1.29 is 14.6 Å². The van der Waals surface area contributed by atoms with Crippen LogP contribution in [0.4, 0.5) is 0 Å². The number of ether oxygens (including phenoxy) is 1. The molecule has 0 saturated carbocycles. The highest BCUT2D eigenvalue weighted by Gasteiger charge is 2.34. The summed E-state index contributed by atoms with van der Waals surface area (Å²) in [7, 11) is 1.89. The van der Waals surface area contributed by atoms with E-state index in [2.05, 4.69) is 14.6 Å². The first-order valence-corrected chi connectivity index (χ1v) is 13.4. The molecule has 1 N–H and O–H groups in total. The third-order valence-corrected chi connectivity index (χ3v) is 7.04. The molecule has 1 atom stereocenters. The Kier molecular flexibility index (Phi) is 7.25. The zero-order chi connectivity index (χ0) is 28.8. The normalized spacial score (nSPS) is 12.7. The first-order valence-electron chi connectivity index (χ1n) is 13.0. The lowest BCUT2D eigenvalue weighted by molar-refractivity contribution is -0.160. The minimum atomic E-state index is -1.23. The fourth-order valence-electron chi connectivity index (χ4n) is 5.27. The van der Waals surface area contributed by atoms with Crippen LogP contribution in [0.2, 0.25) is 5.02 Å². The molecule has 5 aromatic rings. The highest BCUT2D eigenvalue weighted by molar-refractivity contribution is 6.30. The second-order valence-corrected chi connectivity index (χ2v) is 11.4. The standard InChI is InChI=1S/C31H32ClN5O3/c1-18-24-26(21-9-11-23(32)12-10-21)25(28(30(38)39)40-31(3,4)5)19(2)35-29(24)37(17-20-14-34-36(6)16-20)27(18)22-8-7-13-33-15-22/h7-16,28H,17H2,1-6H3,(H,38,39)/t28-/m0/s1. The van der Waals surface area contributed by atoms with Gasteiger partial charge in [0.2, 0.25) is 0 Å². The number of aryl methyl sites for hydroxylation is 3. The SMILES string of the molecule is Cc1nc2c(c(C)c(-c3cccnc3)n2Cc2cnn(C)c2)c(-c2ccc(Cl)cc2)c1[C@H](OC(C)(C)C)C(=O)O. The Hall–Kier alpha value is -4.01. The van der Waals surface area contributed by atoms with Gasteiger partial charge in [0, 0.05) is 64.0 Å². The molecule has 0 spiro atoms. The van der Waals surface area contributed by atoms with Crippen LogP contribution in [-0.2, 0) is 23.1 Å². The van der Waals surface area contributed by atoms with Crippen LogP contribution in [0.5, 0.6) is 0 Å². The minimum absolute atomic E-state index is 0.523. The van der Waals surface area contributed by atoms with Gasteiger partial charge in [0.05, 0.1) is 24.0 Å². The molecular weight excluding hydrogens is 526 g/mol. The maximum Gasteiger partial charge on any atom is 0.337 e. The zero-order valence-electron chi connectivity index (χ0n) is 23.4. The van der Waals surface area contributed by atoms with Crippen molar-refractivity contribution in [3.8, 4) is 22.4 Å². The van der Waals surface area contributed by atoms with Gasteiger partial charge in [-0.3, -0.25) is 9.67 Å². The molecule has 4 aromatic heterocycles. The number of carbonyl (C=O) groups is 1. The summed E-state index contributed by atoms with van der Waals surface area (Å²) < 4.78 is 10.1. The van der Waals surface area contributed by atoms with Crippen LogP contribution in [0.15, 0.2) is 61.2 Å². The summed E-state index contributed by atoms with van der Waals surface area (Å²) >= 11 is 6.27. The lowest BCUT2D eigenvalue weighted by Gasteiger charge is -2.28. The summed E-state index contributed by atoms with van der Waals surface area (Å²) in [6.45, 7) is 9.96. The summed E-state index contributed by atoms with van der Waals surface area (Å²) in [5.74, 6) is -1.07. The molecule has 0 aliphatic rings. The van der Waals surface area contributed by atoms with Gasteiger partial charge in [-0.2, -0.15) is 5.10 Å². The number of nitrogens with zero attached hydrogens (tertiary/aromatic N) is 5. The summed E-state index contributed by atoms with van der Waals surface area (Å²) in [4.78, 5) is 22.2. The van der Waals surface area contributed by atoms with E-state index in [1.165, 1.54) is 0 Å². The van der Waals surface area contributed by atoms with E-state index < -0.39 is 17.7 Å². The second-order valence-electron chi connectivity index (χ2n) is 11.0. The van der Waals surface area contributed by atoms with Gasteiger partial charge in [0.15, 0.2) is 6.10 Å².